The fraction of sp³-hybridized carbons (Fsp3) is 0.333. The van der Waals surface area contributed by atoms with Crippen LogP contribution in [0.25, 0.3) is 0 Å². The van der Waals surface area contributed by atoms with Crippen molar-refractivity contribution in [1.29, 1.82) is 5.26 Å². The summed E-state index contributed by atoms with van der Waals surface area (Å²) in [5.41, 5.74) is 6.60. The van der Waals surface area contributed by atoms with Crippen LogP contribution in [0, 0.1) is 11.3 Å². The molecule has 0 fully saturated rings. The molecule has 1 aromatic carbocycles. The maximum Gasteiger partial charge on any atom is 0.241 e. The maximum absolute atomic E-state index is 11.6. The van der Waals surface area contributed by atoms with Gasteiger partial charge in [-0.2, -0.15) is 5.26 Å². The summed E-state index contributed by atoms with van der Waals surface area (Å²) >= 11 is 5.93. The molecule has 0 unspecified atom stereocenters. The van der Waals surface area contributed by atoms with Crippen molar-refractivity contribution in [2.45, 2.75) is 25.8 Å². The molecule has 0 bridgehead atoms. The Labute approximate surface area is 105 Å². The van der Waals surface area contributed by atoms with Crippen LogP contribution in [0.3, 0.4) is 0 Å². The quantitative estimate of drug-likeness (QED) is 0.862. The summed E-state index contributed by atoms with van der Waals surface area (Å²) in [6.45, 7) is 1.96. The SMILES string of the molecule is CCC[C@@H](N)C(=O)Nc1ccc(C#N)cc1Cl. The summed E-state index contributed by atoms with van der Waals surface area (Å²) in [6, 6.07) is 6.12. The molecule has 4 nitrogen and oxygen atoms in total. The minimum atomic E-state index is -0.535. The lowest BCUT2D eigenvalue weighted by molar-refractivity contribution is -0.117. The van der Waals surface area contributed by atoms with Gasteiger partial charge in [0.2, 0.25) is 5.91 Å². The molecule has 0 aromatic heterocycles. The van der Waals surface area contributed by atoms with Gasteiger partial charge in [0.05, 0.1) is 28.4 Å². The lowest BCUT2D eigenvalue weighted by Gasteiger charge is -2.12. The Balaban J connectivity index is 2.76. The van der Waals surface area contributed by atoms with Crippen LogP contribution in [-0.4, -0.2) is 11.9 Å². The first-order valence-electron chi connectivity index (χ1n) is 5.34. The number of halogens is 1. The first kappa shape index (κ1) is 13.5. The van der Waals surface area contributed by atoms with E-state index in [0.29, 0.717) is 22.7 Å². The zero-order chi connectivity index (χ0) is 12.8. The average molecular weight is 252 g/mol. The molecular formula is C12H14ClN3O. The van der Waals surface area contributed by atoms with Crippen LogP contribution in [0.1, 0.15) is 25.3 Å². The molecule has 1 atom stereocenters. The second kappa shape index (κ2) is 6.24. The Bertz CT molecular complexity index is 454. The van der Waals surface area contributed by atoms with Crippen LogP contribution in [0.15, 0.2) is 18.2 Å². The van der Waals surface area contributed by atoms with Gasteiger partial charge in [0.15, 0.2) is 0 Å². The molecule has 0 saturated carbocycles. The molecule has 0 aliphatic rings. The van der Waals surface area contributed by atoms with E-state index < -0.39 is 6.04 Å². The van der Waals surface area contributed by atoms with Gasteiger partial charge in [-0.05, 0) is 24.6 Å². The van der Waals surface area contributed by atoms with Gasteiger partial charge in [-0.25, -0.2) is 0 Å². The highest BCUT2D eigenvalue weighted by molar-refractivity contribution is 6.33. The number of nitriles is 1. The highest BCUT2D eigenvalue weighted by Crippen LogP contribution is 2.22. The zero-order valence-electron chi connectivity index (χ0n) is 9.53. The van der Waals surface area contributed by atoms with Crippen molar-refractivity contribution < 1.29 is 4.79 Å². The van der Waals surface area contributed by atoms with E-state index in [1.807, 2.05) is 13.0 Å². The molecule has 0 spiro atoms. The number of anilines is 1. The van der Waals surface area contributed by atoms with Gasteiger partial charge in [0.1, 0.15) is 0 Å². The Hall–Kier alpha value is -1.57. The second-order valence-electron chi connectivity index (χ2n) is 3.69. The number of carbonyl (C=O) groups excluding carboxylic acids is 1. The predicted molar refractivity (Wildman–Crippen MR) is 67.7 cm³/mol. The third-order valence-electron chi connectivity index (χ3n) is 2.29. The minimum Gasteiger partial charge on any atom is -0.323 e. The van der Waals surface area contributed by atoms with Crippen molar-refractivity contribution in [2.24, 2.45) is 5.73 Å². The summed E-state index contributed by atoms with van der Waals surface area (Å²) in [6.07, 6.45) is 1.47. The van der Waals surface area contributed by atoms with E-state index in [9.17, 15) is 4.79 Å². The van der Waals surface area contributed by atoms with Gasteiger partial charge in [0.25, 0.3) is 0 Å². The van der Waals surface area contributed by atoms with E-state index in [-0.39, 0.29) is 5.91 Å². The van der Waals surface area contributed by atoms with Crippen LogP contribution in [0.5, 0.6) is 0 Å². The lowest BCUT2D eigenvalue weighted by atomic mass is 10.1. The molecule has 17 heavy (non-hydrogen) atoms. The first-order chi connectivity index (χ1) is 8.08. The molecule has 90 valence electrons. The van der Waals surface area contributed by atoms with E-state index in [1.165, 1.54) is 6.07 Å². The van der Waals surface area contributed by atoms with Gasteiger partial charge < -0.3 is 11.1 Å². The van der Waals surface area contributed by atoms with Gasteiger partial charge in [-0.1, -0.05) is 24.9 Å². The number of hydrogen-bond acceptors (Lipinski definition) is 3. The molecule has 1 aromatic rings. The number of nitrogens with zero attached hydrogens (tertiary/aromatic N) is 1. The maximum atomic E-state index is 11.6. The summed E-state index contributed by atoms with van der Waals surface area (Å²) in [4.78, 5) is 11.6. The summed E-state index contributed by atoms with van der Waals surface area (Å²) in [5, 5.41) is 11.7. The monoisotopic (exact) mass is 251 g/mol. The molecule has 5 heteroatoms. The zero-order valence-corrected chi connectivity index (χ0v) is 10.3. The summed E-state index contributed by atoms with van der Waals surface area (Å²) in [5.74, 6) is -0.265. The van der Waals surface area contributed by atoms with E-state index in [2.05, 4.69) is 5.32 Å². The van der Waals surface area contributed by atoms with Crippen LogP contribution in [0.2, 0.25) is 5.02 Å². The lowest BCUT2D eigenvalue weighted by Crippen LogP contribution is -2.35. The van der Waals surface area contributed by atoms with E-state index in [1.54, 1.807) is 12.1 Å². The number of carbonyl (C=O) groups is 1. The third kappa shape index (κ3) is 3.74. The van der Waals surface area contributed by atoms with E-state index in [0.717, 1.165) is 6.42 Å². The van der Waals surface area contributed by atoms with Crippen LogP contribution >= 0.6 is 11.6 Å². The van der Waals surface area contributed by atoms with Crippen molar-refractivity contribution >= 4 is 23.2 Å². The van der Waals surface area contributed by atoms with Gasteiger partial charge in [-0.3, -0.25) is 4.79 Å². The molecule has 0 heterocycles. The second-order valence-corrected chi connectivity index (χ2v) is 4.10. The molecule has 1 amide bonds. The van der Waals surface area contributed by atoms with Gasteiger partial charge >= 0.3 is 0 Å². The largest absolute Gasteiger partial charge is 0.323 e. The highest BCUT2D eigenvalue weighted by atomic mass is 35.5. The van der Waals surface area contributed by atoms with E-state index in [4.69, 9.17) is 22.6 Å². The molecule has 1 rings (SSSR count). The Morgan fingerprint density at radius 2 is 2.35 bits per heavy atom. The number of hydrogen-bond donors (Lipinski definition) is 2. The number of amides is 1. The molecule has 0 saturated heterocycles. The average Bonchev–Trinajstić information content (AvgIpc) is 2.31. The fourth-order valence-electron chi connectivity index (χ4n) is 1.35. The number of nitrogens with one attached hydrogen (secondary N) is 1. The molecule has 3 N–H and O–H groups in total. The molecular weight excluding hydrogens is 238 g/mol. The molecule has 0 radical (unpaired) electrons. The van der Waals surface area contributed by atoms with Crippen LogP contribution < -0.4 is 11.1 Å². The molecule has 0 aliphatic heterocycles. The highest BCUT2D eigenvalue weighted by Gasteiger charge is 2.13. The van der Waals surface area contributed by atoms with Gasteiger partial charge in [-0.15, -0.1) is 0 Å². The smallest absolute Gasteiger partial charge is 0.241 e. The van der Waals surface area contributed by atoms with Crippen molar-refractivity contribution in [3.63, 3.8) is 0 Å². The summed E-state index contributed by atoms with van der Waals surface area (Å²) in [7, 11) is 0. The van der Waals surface area contributed by atoms with Crippen molar-refractivity contribution in [3.05, 3.63) is 28.8 Å². The Morgan fingerprint density at radius 1 is 1.65 bits per heavy atom. The van der Waals surface area contributed by atoms with Crippen molar-refractivity contribution in [2.75, 3.05) is 5.32 Å². The Morgan fingerprint density at radius 3 is 2.88 bits per heavy atom. The topological polar surface area (TPSA) is 78.9 Å². The van der Waals surface area contributed by atoms with Crippen molar-refractivity contribution in [1.82, 2.24) is 0 Å². The third-order valence-corrected chi connectivity index (χ3v) is 2.61. The van der Waals surface area contributed by atoms with Crippen LogP contribution in [-0.2, 0) is 4.79 Å². The molecule has 0 aliphatic carbocycles. The number of nitrogens with two attached hydrogens (primary N) is 1. The predicted octanol–water partition coefficient (Wildman–Crippen LogP) is 2.28. The fourth-order valence-corrected chi connectivity index (χ4v) is 1.58. The minimum absolute atomic E-state index is 0.265. The van der Waals surface area contributed by atoms with E-state index >= 15 is 0 Å². The number of benzene rings is 1. The van der Waals surface area contributed by atoms with Crippen LogP contribution in [0.4, 0.5) is 5.69 Å². The summed E-state index contributed by atoms with van der Waals surface area (Å²) < 4.78 is 0. The normalized spacial score (nSPS) is 11.6. The first-order valence-corrected chi connectivity index (χ1v) is 5.72. The Kier molecular flexibility index (Phi) is 4.95. The number of rotatable bonds is 4. The van der Waals surface area contributed by atoms with Gasteiger partial charge in [0, 0.05) is 0 Å². The van der Waals surface area contributed by atoms with Crippen molar-refractivity contribution in [3.8, 4) is 6.07 Å². The standard InChI is InChI=1S/C12H14ClN3O/c1-2-3-10(15)12(17)16-11-5-4-8(7-14)6-9(11)13/h4-6,10H,2-3,15H2,1H3,(H,16,17)/t10-/m1/s1.